The third-order valence-electron chi connectivity index (χ3n) is 6.69. The summed E-state index contributed by atoms with van der Waals surface area (Å²) in [7, 11) is 2.90. The normalized spacial score (nSPS) is 18.6. The van der Waals surface area contributed by atoms with Crippen LogP contribution in [0.4, 0.5) is 10.9 Å². The second-order valence-corrected chi connectivity index (χ2v) is 10.4. The molecule has 5 rings (SSSR count). The summed E-state index contributed by atoms with van der Waals surface area (Å²) in [6, 6.07) is 7.94. The molecule has 3 heterocycles. The van der Waals surface area contributed by atoms with Gasteiger partial charge in [-0.3, -0.25) is 10.1 Å². The van der Waals surface area contributed by atoms with Crippen LogP contribution >= 0.6 is 11.3 Å². The van der Waals surface area contributed by atoms with Crippen molar-refractivity contribution in [2.24, 2.45) is 0 Å². The minimum absolute atomic E-state index is 0.112. The Bertz CT molecular complexity index is 1590. The molecule has 0 unspecified atom stereocenters. The number of anilines is 2. The molecule has 1 amide bonds. The number of nitrogens with one attached hydrogen (secondary N) is 1. The van der Waals surface area contributed by atoms with Gasteiger partial charge in [-0.2, -0.15) is 9.78 Å². The molecule has 41 heavy (non-hydrogen) atoms. The number of aliphatic hydroxyl groups excluding tert-OH is 1. The SMILES string of the molecule is COc1cccc(OC)c1-c1cc(C(=O)Nc2nnc(-n3nccc3N)s2)oc(=O)c1OCC1(O)CCC(O)CC1. The second-order valence-electron chi connectivity index (χ2n) is 9.43. The van der Waals surface area contributed by atoms with E-state index < -0.39 is 23.2 Å². The number of ether oxygens (including phenoxy) is 3. The van der Waals surface area contributed by atoms with E-state index in [-0.39, 0.29) is 28.8 Å². The molecule has 0 aliphatic heterocycles. The van der Waals surface area contributed by atoms with Crippen LogP contribution in [0, 0.1) is 0 Å². The summed E-state index contributed by atoms with van der Waals surface area (Å²) in [6.07, 6.45) is 2.40. The average molecular weight is 585 g/mol. The van der Waals surface area contributed by atoms with Crippen molar-refractivity contribution in [1.82, 2.24) is 20.0 Å². The van der Waals surface area contributed by atoms with Gasteiger partial charge in [0.15, 0.2) is 5.76 Å². The van der Waals surface area contributed by atoms with E-state index in [9.17, 15) is 19.8 Å². The zero-order chi connectivity index (χ0) is 29.1. The molecule has 0 spiro atoms. The summed E-state index contributed by atoms with van der Waals surface area (Å²) in [5, 5.41) is 35.8. The number of nitrogens with zero attached hydrogens (tertiary/aromatic N) is 4. The molecule has 3 aromatic heterocycles. The third kappa shape index (κ3) is 5.86. The number of benzene rings is 1. The Morgan fingerprint density at radius 2 is 1.93 bits per heavy atom. The van der Waals surface area contributed by atoms with Gasteiger partial charge in [0.25, 0.3) is 5.91 Å². The van der Waals surface area contributed by atoms with Gasteiger partial charge in [-0.05, 0) is 43.9 Å². The summed E-state index contributed by atoms with van der Waals surface area (Å²) < 4.78 is 23.7. The summed E-state index contributed by atoms with van der Waals surface area (Å²) in [4.78, 5) is 26.5. The molecular weight excluding hydrogens is 556 g/mol. The van der Waals surface area contributed by atoms with Gasteiger partial charge in [0.05, 0.1) is 37.7 Å². The fourth-order valence-electron chi connectivity index (χ4n) is 4.51. The number of nitrogens with two attached hydrogens (primary N) is 1. The zero-order valence-corrected chi connectivity index (χ0v) is 23.0. The summed E-state index contributed by atoms with van der Waals surface area (Å²) in [5.41, 5.74) is 4.14. The molecule has 0 radical (unpaired) electrons. The van der Waals surface area contributed by atoms with E-state index in [0.717, 1.165) is 11.3 Å². The van der Waals surface area contributed by atoms with Crippen LogP contribution in [0.2, 0.25) is 0 Å². The lowest BCUT2D eigenvalue weighted by atomic mass is 9.84. The zero-order valence-electron chi connectivity index (χ0n) is 22.2. The van der Waals surface area contributed by atoms with E-state index >= 15 is 0 Å². The molecule has 1 aromatic carbocycles. The smallest absolute Gasteiger partial charge is 0.379 e. The molecule has 1 aliphatic rings. The first-order valence-electron chi connectivity index (χ1n) is 12.6. The molecule has 216 valence electrons. The van der Waals surface area contributed by atoms with Crippen LogP contribution in [0.3, 0.4) is 0 Å². The highest BCUT2D eigenvalue weighted by Gasteiger charge is 2.35. The highest BCUT2D eigenvalue weighted by atomic mass is 32.1. The van der Waals surface area contributed by atoms with Gasteiger partial charge in [-0.1, -0.05) is 17.4 Å². The summed E-state index contributed by atoms with van der Waals surface area (Å²) in [5.74, 6) is -0.339. The lowest BCUT2D eigenvalue weighted by Crippen LogP contribution is -2.41. The van der Waals surface area contributed by atoms with Crippen molar-refractivity contribution in [2.75, 3.05) is 31.9 Å². The van der Waals surface area contributed by atoms with Crippen molar-refractivity contribution in [3.05, 3.63) is 52.7 Å². The molecular formula is C26H28N6O8S. The summed E-state index contributed by atoms with van der Waals surface area (Å²) >= 11 is 1.01. The average Bonchev–Trinajstić information content (AvgIpc) is 3.61. The van der Waals surface area contributed by atoms with Crippen molar-refractivity contribution in [1.29, 1.82) is 0 Å². The number of carbonyl (C=O) groups excluding carboxylic acids is 1. The van der Waals surface area contributed by atoms with Gasteiger partial charge in [0.1, 0.15) is 23.9 Å². The Balaban J connectivity index is 1.50. The molecule has 14 nitrogen and oxygen atoms in total. The monoisotopic (exact) mass is 584 g/mol. The van der Waals surface area contributed by atoms with Crippen LogP contribution in [-0.4, -0.2) is 68.6 Å². The van der Waals surface area contributed by atoms with Crippen molar-refractivity contribution < 1.29 is 33.6 Å². The van der Waals surface area contributed by atoms with E-state index in [1.165, 1.54) is 31.2 Å². The van der Waals surface area contributed by atoms with Crippen LogP contribution in [0.15, 0.2) is 45.7 Å². The predicted molar refractivity (Wildman–Crippen MR) is 148 cm³/mol. The predicted octanol–water partition coefficient (Wildman–Crippen LogP) is 2.24. The maximum Gasteiger partial charge on any atom is 0.379 e. The maximum atomic E-state index is 13.3. The topological polar surface area (TPSA) is 197 Å². The number of hydrogen-bond acceptors (Lipinski definition) is 13. The molecule has 1 saturated carbocycles. The molecule has 1 aliphatic carbocycles. The Hall–Kier alpha value is -4.47. The number of rotatable bonds is 9. The number of methoxy groups -OCH3 is 2. The molecule has 1 fully saturated rings. The molecule has 0 atom stereocenters. The number of nitrogen functional groups attached to an aromatic ring is 1. The lowest BCUT2D eigenvalue weighted by Gasteiger charge is -2.33. The minimum Gasteiger partial charge on any atom is -0.496 e. The standard InChI is InChI=1S/C26H28N6O8S/c1-37-16-4-3-5-17(38-2)20(16)15-12-18(22(34)29-24-30-31-25(41-24)32-19(27)8-11-28-32)40-23(35)21(15)39-13-26(36)9-6-14(33)7-10-26/h3-5,8,11-12,14,33,36H,6-7,9-10,13,27H2,1-2H3,(H,29,30,34). The van der Waals surface area contributed by atoms with Crippen LogP contribution in [0.5, 0.6) is 17.2 Å². The van der Waals surface area contributed by atoms with Gasteiger partial charge in [-0.15, -0.1) is 10.2 Å². The Kier molecular flexibility index (Phi) is 7.92. The molecule has 0 bridgehead atoms. The Labute approximate surface area is 237 Å². The Morgan fingerprint density at radius 1 is 1.22 bits per heavy atom. The van der Waals surface area contributed by atoms with Crippen molar-refractivity contribution in [2.45, 2.75) is 37.4 Å². The van der Waals surface area contributed by atoms with E-state index in [4.69, 9.17) is 24.4 Å². The number of hydrogen-bond donors (Lipinski definition) is 4. The van der Waals surface area contributed by atoms with Gasteiger partial charge < -0.3 is 34.6 Å². The van der Waals surface area contributed by atoms with Crippen LogP contribution in [-0.2, 0) is 0 Å². The van der Waals surface area contributed by atoms with E-state index in [1.807, 2.05) is 0 Å². The first-order valence-corrected chi connectivity index (χ1v) is 13.4. The molecule has 0 saturated heterocycles. The first-order chi connectivity index (χ1) is 19.7. The van der Waals surface area contributed by atoms with Crippen LogP contribution < -0.4 is 30.9 Å². The first kappa shape index (κ1) is 28.1. The fourth-order valence-corrected chi connectivity index (χ4v) is 5.23. The maximum absolute atomic E-state index is 13.3. The van der Waals surface area contributed by atoms with E-state index in [1.54, 1.807) is 24.3 Å². The summed E-state index contributed by atoms with van der Waals surface area (Å²) in [6.45, 7) is -0.232. The quantitative estimate of drug-likeness (QED) is 0.224. The molecule has 5 N–H and O–H groups in total. The number of aliphatic hydroxyl groups is 2. The highest BCUT2D eigenvalue weighted by molar-refractivity contribution is 7.17. The van der Waals surface area contributed by atoms with Crippen LogP contribution in [0.25, 0.3) is 16.3 Å². The third-order valence-corrected chi connectivity index (χ3v) is 7.50. The van der Waals surface area contributed by atoms with Gasteiger partial charge >= 0.3 is 5.63 Å². The number of amides is 1. The fraction of sp³-hybridized carbons (Fsp3) is 0.346. The van der Waals surface area contributed by atoms with E-state index in [0.29, 0.717) is 53.7 Å². The van der Waals surface area contributed by atoms with Crippen LogP contribution in [0.1, 0.15) is 36.2 Å². The van der Waals surface area contributed by atoms with E-state index in [2.05, 4.69) is 20.6 Å². The minimum atomic E-state index is -1.25. The van der Waals surface area contributed by atoms with Crippen molar-refractivity contribution in [3.63, 3.8) is 0 Å². The highest BCUT2D eigenvalue weighted by Crippen LogP contribution is 2.42. The number of carbonyl (C=O) groups is 1. The van der Waals surface area contributed by atoms with Gasteiger partial charge in [-0.25, -0.2) is 4.79 Å². The van der Waals surface area contributed by atoms with Crippen molar-refractivity contribution >= 4 is 28.2 Å². The number of aromatic nitrogens is 4. The van der Waals surface area contributed by atoms with Crippen molar-refractivity contribution in [3.8, 4) is 33.5 Å². The molecule has 4 aromatic rings. The second kappa shape index (κ2) is 11.6. The molecule has 15 heteroatoms. The van der Waals surface area contributed by atoms with Gasteiger partial charge in [0.2, 0.25) is 16.0 Å². The lowest BCUT2D eigenvalue weighted by molar-refractivity contribution is -0.0598. The Morgan fingerprint density at radius 3 is 2.56 bits per heavy atom. The largest absolute Gasteiger partial charge is 0.496 e. The van der Waals surface area contributed by atoms with Gasteiger partial charge in [0, 0.05) is 11.6 Å².